The molecule has 6 heteroatoms. The van der Waals surface area contributed by atoms with E-state index >= 15 is 0 Å². The summed E-state index contributed by atoms with van der Waals surface area (Å²) in [5.41, 5.74) is 3.67. The second-order valence-corrected chi connectivity index (χ2v) is 6.34. The number of alkyl carbamates (subject to hydrolysis) is 1. The summed E-state index contributed by atoms with van der Waals surface area (Å²) in [4.78, 5) is 28.0. The van der Waals surface area contributed by atoms with Crippen molar-refractivity contribution in [1.82, 2.24) is 10.3 Å². The van der Waals surface area contributed by atoms with E-state index in [1.807, 2.05) is 61.7 Å². The van der Waals surface area contributed by atoms with Crippen LogP contribution in [-0.4, -0.2) is 29.6 Å². The minimum absolute atomic E-state index is 0.241. The fraction of sp³-hybridized carbons (Fsp3) is 0.238. The molecule has 1 heterocycles. The number of aryl methyl sites for hydroxylation is 1. The molecule has 0 saturated carbocycles. The fourth-order valence-electron chi connectivity index (χ4n) is 3.00. The summed E-state index contributed by atoms with van der Waals surface area (Å²) in [5, 5.41) is 6.56. The number of aromatic nitrogens is 1. The van der Waals surface area contributed by atoms with Gasteiger partial charge >= 0.3 is 6.09 Å². The number of aromatic amines is 1. The molecule has 2 aromatic carbocycles. The molecule has 0 aliphatic rings. The number of carbonyl (C=O) groups excluding carboxylic acids is 2. The van der Waals surface area contributed by atoms with E-state index in [1.54, 1.807) is 6.92 Å². The molecule has 0 aliphatic carbocycles. The first kappa shape index (κ1) is 18.5. The van der Waals surface area contributed by atoms with E-state index < -0.39 is 12.1 Å². The van der Waals surface area contributed by atoms with Crippen LogP contribution in [0.4, 0.5) is 10.5 Å². The lowest BCUT2D eigenvalue weighted by molar-refractivity contribution is -0.118. The Hall–Kier alpha value is -3.28. The molecule has 0 saturated heterocycles. The summed E-state index contributed by atoms with van der Waals surface area (Å²) < 4.78 is 4.96. The van der Waals surface area contributed by atoms with Crippen molar-refractivity contribution in [2.75, 3.05) is 11.9 Å². The zero-order valence-electron chi connectivity index (χ0n) is 15.4. The number of rotatable bonds is 6. The van der Waals surface area contributed by atoms with E-state index in [4.69, 9.17) is 4.74 Å². The lowest BCUT2D eigenvalue weighted by Crippen LogP contribution is -2.45. The van der Waals surface area contributed by atoms with E-state index in [2.05, 4.69) is 15.6 Å². The number of H-pyrrole nitrogens is 1. The first-order valence-electron chi connectivity index (χ1n) is 8.92. The Bertz CT molecular complexity index is 949. The number of para-hydroxylation sites is 1. The average molecular weight is 365 g/mol. The Balaban J connectivity index is 1.81. The van der Waals surface area contributed by atoms with E-state index in [1.165, 1.54) is 0 Å². The molecule has 0 bridgehead atoms. The molecular weight excluding hydrogens is 342 g/mol. The highest BCUT2D eigenvalue weighted by molar-refractivity contribution is 5.97. The molecule has 0 unspecified atom stereocenters. The second-order valence-electron chi connectivity index (χ2n) is 6.34. The van der Waals surface area contributed by atoms with Crippen molar-refractivity contribution in [1.29, 1.82) is 0 Å². The smallest absolute Gasteiger partial charge is 0.407 e. The summed E-state index contributed by atoms with van der Waals surface area (Å²) in [6.07, 6.45) is 1.60. The van der Waals surface area contributed by atoms with Crippen molar-refractivity contribution in [2.45, 2.75) is 26.3 Å². The van der Waals surface area contributed by atoms with Crippen molar-refractivity contribution in [3.05, 3.63) is 65.9 Å². The maximum atomic E-state index is 12.8. The molecule has 27 heavy (non-hydrogen) atoms. The molecule has 140 valence electrons. The molecule has 6 nitrogen and oxygen atoms in total. The summed E-state index contributed by atoms with van der Waals surface area (Å²) in [6, 6.07) is 14.6. The molecular formula is C21H23N3O3. The molecule has 0 fully saturated rings. The van der Waals surface area contributed by atoms with Crippen LogP contribution in [-0.2, 0) is 16.0 Å². The number of carbonyl (C=O) groups is 2. The van der Waals surface area contributed by atoms with Crippen LogP contribution in [0, 0.1) is 6.92 Å². The Labute approximate surface area is 157 Å². The van der Waals surface area contributed by atoms with Crippen molar-refractivity contribution in [3.63, 3.8) is 0 Å². The van der Waals surface area contributed by atoms with Crippen molar-refractivity contribution in [3.8, 4) is 0 Å². The van der Waals surface area contributed by atoms with Gasteiger partial charge in [0.1, 0.15) is 6.04 Å². The number of ether oxygens (including phenoxy) is 1. The number of benzene rings is 2. The highest BCUT2D eigenvalue weighted by Crippen LogP contribution is 2.20. The largest absolute Gasteiger partial charge is 0.450 e. The van der Waals surface area contributed by atoms with E-state index in [-0.39, 0.29) is 12.5 Å². The minimum Gasteiger partial charge on any atom is -0.450 e. The molecule has 1 aromatic heterocycles. The Morgan fingerprint density at radius 3 is 2.74 bits per heavy atom. The van der Waals surface area contributed by atoms with Gasteiger partial charge in [-0.15, -0.1) is 0 Å². The van der Waals surface area contributed by atoms with Crippen LogP contribution < -0.4 is 10.6 Å². The molecule has 1 atom stereocenters. The third kappa shape index (κ3) is 4.67. The van der Waals surface area contributed by atoms with Gasteiger partial charge < -0.3 is 20.4 Å². The lowest BCUT2D eigenvalue weighted by atomic mass is 10.0. The summed E-state index contributed by atoms with van der Waals surface area (Å²) in [7, 11) is 0. The topological polar surface area (TPSA) is 83.2 Å². The van der Waals surface area contributed by atoms with Gasteiger partial charge in [0.15, 0.2) is 0 Å². The van der Waals surface area contributed by atoms with Crippen LogP contribution in [0.1, 0.15) is 18.1 Å². The van der Waals surface area contributed by atoms with Gasteiger partial charge in [-0.05, 0) is 43.2 Å². The number of hydrogen-bond acceptors (Lipinski definition) is 3. The first-order valence-corrected chi connectivity index (χ1v) is 8.92. The SMILES string of the molecule is CCOC(=O)N[C@H](Cc1c[nH]c2ccccc12)C(=O)Nc1cccc(C)c1. The predicted octanol–water partition coefficient (Wildman–Crippen LogP) is 3.77. The molecule has 3 rings (SSSR count). The zero-order chi connectivity index (χ0) is 19.2. The third-order valence-corrected chi connectivity index (χ3v) is 4.27. The van der Waals surface area contributed by atoms with Gasteiger partial charge in [0.25, 0.3) is 0 Å². The fourth-order valence-corrected chi connectivity index (χ4v) is 3.00. The number of amides is 2. The van der Waals surface area contributed by atoms with Crippen LogP contribution in [0.2, 0.25) is 0 Å². The van der Waals surface area contributed by atoms with Crippen molar-refractivity contribution >= 4 is 28.6 Å². The Morgan fingerprint density at radius 2 is 1.96 bits per heavy atom. The zero-order valence-corrected chi connectivity index (χ0v) is 15.4. The number of anilines is 1. The third-order valence-electron chi connectivity index (χ3n) is 4.27. The van der Waals surface area contributed by atoms with E-state index in [0.717, 1.165) is 22.0 Å². The average Bonchev–Trinajstić information content (AvgIpc) is 3.04. The van der Waals surface area contributed by atoms with Gasteiger partial charge in [0.05, 0.1) is 6.61 Å². The maximum Gasteiger partial charge on any atom is 0.407 e. The van der Waals surface area contributed by atoms with Gasteiger partial charge in [-0.25, -0.2) is 4.79 Å². The molecule has 0 aliphatic heterocycles. The molecule has 0 radical (unpaired) electrons. The van der Waals surface area contributed by atoms with Crippen molar-refractivity contribution < 1.29 is 14.3 Å². The predicted molar refractivity (Wildman–Crippen MR) is 106 cm³/mol. The molecule has 3 N–H and O–H groups in total. The second kappa shape index (κ2) is 8.40. The lowest BCUT2D eigenvalue weighted by Gasteiger charge is -2.18. The van der Waals surface area contributed by atoms with Crippen LogP contribution >= 0.6 is 0 Å². The number of fused-ring (bicyclic) bond motifs is 1. The Kier molecular flexibility index (Phi) is 5.76. The standard InChI is InChI=1S/C21H23N3O3/c1-3-27-21(26)24-19(20(25)23-16-8-6-7-14(2)11-16)12-15-13-22-18-10-5-4-9-17(15)18/h4-11,13,19,22H,3,12H2,1-2H3,(H,23,25)(H,24,26)/t19-/m1/s1. The van der Waals surface area contributed by atoms with Crippen molar-refractivity contribution in [2.24, 2.45) is 0 Å². The monoisotopic (exact) mass is 365 g/mol. The first-order chi connectivity index (χ1) is 13.1. The quantitative estimate of drug-likeness (QED) is 0.622. The summed E-state index contributed by atoms with van der Waals surface area (Å²) in [6.45, 7) is 3.92. The number of nitrogens with one attached hydrogen (secondary N) is 3. The van der Waals surface area contributed by atoms with E-state index in [9.17, 15) is 9.59 Å². The van der Waals surface area contributed by atoms with Crippen LogP contribution in [0.15, 0.2) is 54.7 Å². The van der Waals surface area contributed by atoms with Gasteiger partial charge in [-0.1, -0.05) is 30.3 Å². The normalized spacial score (nSPS) is 11.8. The van der Waals surface area contributed by atoms with Crippen LogP contribution in [0.3, 0.4) is 0 Å². The van der Waals surface area contributed by atoms with Gasteiger partial charge in [-0.3, -0.25) is 4.79 Å². The van der Waals surface area contributed by atoms with Gasteiger partial charge in [0.2, 0.25) is 5.91 Å². The molecule has 2 amide bonds. The minimum atomic E-state index is -0.760. The molecule has 3 aromatic rings. The van der Waals surface area contributed by atoms with Crippen LogP contribution in [0.5, 0.6) is 0 Å². The molecule has 0 spiro atoms. The number of hydrogen-bond donors (Lipinski definition) is 3. The summed E-state index contributed by atoms with van der Waals surface area (Å²) >= 11 is 0. The van der Waals surface area contributed by atoms with Crippen LogP contribution in [0.25, 0.3) is 10.9 Å². The maximum absolute atomic E-state index is 12.8. The van der Waals surface area contributed by atoms with E-state index in [0.29, 0.717) is 12.1 Å². The van der Waals surface area contributed by atoms with Gasteiger partial charge in [0, 0.05) is 29.2 Å². The van der Waals surface area contributed by atoms with Gasteiger partial charge in [-0.2, -0.15) is 0 Å². The highest BCUT2D eigenvalue weighted by Gasteiger charge is 2.23. The Morgan fingerprint density at radius 1 is 1.15 bits per heavy atom. The summed E-state index contributed by atoms with van der Waals surface area (Å²) in [5.74, 6) is -0.293. The highest BCUT2D eigenvalue weighted by atomic mass is 16.5.